The molecule has 0 unspecified atom stereocenters. The summed E-state index contributed by atoms with van der Waals surface area (Å²) in [6.07, 6.45) is 0. The van der Waals surface area contributed by atoms with Crippen LogP contribution in [0.1, 0.15) is 0 Å². The Morgan fingerprint density at radius 1 is 1.80 bits per heavy atom. The predicted molar refractivity (Wildman–Crippen MR) is 22.1 cm³/mol. The summed E-state index contributed by atoms with van der Waals surface area (Å²) in [6, 6.07) is 0. The number of nitriles is 1. The molecule has 0 heterocycles. The minimum absolute atomic E-state index is 0. The van der Waals surface area contributed by atoms with E-state index in [-0.39, 0.29) is 24.0 Å². The molecule has 0 amide bonds. The van der Waals surface area contributed by atoms with Gasteiger partial charge in [0.25, 0.3) is 0 Å². The van der Waals surface area contributed by atoms with Gasteiger partial charge in [-0.15, -0.1) is 24.0 Å². The van der Waals surface area contributed by atoms with E-state index in [1.54, 1.807) is 0 Å². The molecule has 0 fully saturated rings. The van der Waals surface area contributed by atoms with Crippen LogP contribution in [-0.2, 0) is 17.6 Å². The molecular weight excluding hydrogens is 237 g/mol. The summed E-state index contributed by atoms with van der Waals surface area (Å²) in [5, 5.41) is 7.33. The molecule has 4 heteroatoms. The van der Waals surface area contributed by atoms with Crippen LogP contribution in [0.15, 0.2) is 0 Å². The van der Waals surface area contributed by atoms with Crippen LogP contribution in [0.2, 0.25) is 0 Å². The molecule has 0 atom stereocenters. The zero-order valence-electron chi connectivity index (χ0n) is 2.44. The third kappa shape index (κ3) is 11.7. The van der Waals surface area contributed by atoms with Crippen LogP contribution >= 0.6 is 24.0 Å². The standard InChI is InChI=1S/CN.FH.HI.Zn/c1-2;;;/h;2*1H;/q;;;+1/p-1. The van der Waals surface area contributed by atoms with Crippen molar-refractivity contribution in [3.05, 3.63) is 0 Å². The Balaban J connectivity index is 0. The fraction of sp³-hybridized carbons (Fsp3) is 0. The molecule has 0 aromatic heterocycles. The molecule has 0 radical (unpaired) electrons. The van der Waals surface area contributed by atoms with Gasteiger partial charge in [0.15, 0.2) is 0 Å². The van der Waals surface area contributed by atoms with Gasteiger partial charge in [0.05, 0.1) is 0 Å². The van der Waals surface area contributed by atoms with Crippen LogP contribution in [0, 0.1) is 9.93 Å². The number of rotatable bonds is 0. The number of hydrogen-bond donors (Lipinski definition) is 0. The van der Waals surface area contributed by atoms with Gasteiger partial charge in [-0.05, 0) is 0 Å². The van der Waals surface area contributed by atoms with Gasteiger partial charge in [-0.3, -0.25) is 0 Å². The van der Waals surface area contributed by atoms with E-state index in [9.17, 15) is 3.32 Å². The Hall–Kier alpha value is 0.773. The van der Waals surface area contributed by atoms with E-state index in [1.165, 1.54) is 4.66 Å². The molecule has 0 bridgehead atoms. The second-order valence-corrected chi connectivity index (χ2v) is 1.52. The molecule has 0 saturated heterocycles. The SMILES string of the molecule is I.N#[C][Zn][F]. The molecule has 1 nitrogen and oxygen atoms in total. The number of nitrogens with zero attached hydrogens (tertiary/aromatic N) is 1. The number of halogens is 2. The predicted octanol–water partition coefficient (Wildman–Crippen LogP) is 1.05. The Labute approximate surface area is 54.7 Å². The molecule has 0 aromatic rings. The minimum atomic E-state index is -2.08. The Morgan fingerprint density at radius 2 is 2.00 bits per heavy atom. The van der Waals surface area contributed by atoms with Gasteiger partial charge in [0.2, 0.25) is 0 Å². The summed E-state index contributed by atoms with van der Waals surface area (Å²) in [7, 11) is 0. The molecule has 0 spiro atoms. The molecule has 0 aliphatic heterocycles. The van der Waals surface area contributed by atoms with Crippen molar-refractivity contribution in [1.82, 2.24) is 0 Å². The Bertz CT molecular complexity index is 41.4. The van der Waals surface area contributed by atoms with Crippen molar-refractivity contribution < 1.29 is 20.9 Å². The van der Waals surface area contributed by atoms with Gasteiger partial charge in [0, 0.05) is 0 Å². The van der Waals surface area contributed by atoms with E-state index in [1.807, 2.05) is 0 Å². The quantitative estimate of drug-likeness (QED) is 0.457. The van der Waals surface area contributed by atoms with E-state index in [0.29, 0.717) is 0 Å². The molecule has 0 aliphatic carbocycles. The summed E-state index contributed by atoms with van der Waals surface area (Å²) in [5.41, 5.74) is 0. The third-order valence-corrected chi connectivity index (χ3v) is 0.311. The van der Waals surface area contributed by atoms with Gasteiger partial charge in [-0.1, -0.05) is 0 Å². The van der Waals surface area contributed by atoms with E-state index in [2.05, 4.69) is 0 Å². The van der Waals surface area contributed by atoms with Gasteiger partial charge in [-0.25, -0.2) is 0 Å². The normalized spacial score (nSPS) is 2.40. The van der Waals surface area contributed by atoms with Gasteiger partial charge in [0.1, 0.15) is 0 Å². The molecule has 0 N–H and O–H groups in total. The average Bonchev–Trinajstić information content (AvgIpc) is 1.37. The van der Waals surface area contributed by atoms with Crippen LogP contribution in [0.25, 0.3) is 0 Å². The summed E-state index contributed by atoms with van der Waals surface area (Å²) >= 11 is -2.08. The first-order chi connectivity index (χ1) is 1.91. The molecule has 0 aliphatic rings. The van der Waals surface area contributed by atoms with Crippen LogP contribution < -0.4 is 0 Å². The van der Waals surface area contributed by atoms with Crippen molar-refractivity contribution in [2.75, 3.05) is 0 Å². The zero-order valence-corrected chi connectivity index (χ0v) is 7.74. The molecule has 0 saturated carbocycles. The van der Waals surface area contributed by atoms with Gasteiger partial charge < -0.3 is 0 Å². The molecule has 0 rings (SSSR count). The zero-order chi connectivity index (χ0) is 3.41. The van der Waals surface area contributed by atoms with Crippen molar-refractivity contribution in [3.8, 4) is 4.66 Å². The topological polar surface area (TPSA) is 23.8 Å². The van der Waals surface area contributed by atoms with E-state index in [0.717, 1.165) is 0 Å². The van der Waals surface area contributed by atoms with Crippen LogP contribution in [0.4, 0.5) is 3.32 Å². The van der Waals surface area contributed by atoms with Gasteiger partial charge in [-0.2, -0.15) is 0 Å². The van der Waals surface area contributed by atoms with E-state index >= 15 is 0 Å². The first-order valence-corrected chi connectivity index (χ1v) is 3.45. The summed E-state index contributed by atoms with van der Waals surface area (Å²) in [5.74, 6) is 0. The van der Waals surface area contributed by atoms with E-state index < -0.39 is 17.6 Å². The van der Waals surface area contributed by atoms with E-state index in [4.69, 9.17) is 5.26 Å². The maximum atomic E-state index is 10.5. The van der Waals surface area contributed by atoms with Crippen molar-refractivity contribution in [2.24, 2.45) is 0 Å². The molecule has 0 aromatic carbocycles. The molecular formula is CHFINZn. The monoisotopic (exact) mass is 237 g/mol. The average molecular weight is 238 g/mol. The van der Waals surface area contributed by atoms with Crippen molar-refractivity contribution in [1.29, 1.82) is 5.26 Å². The summed E-state index contributed by atoms with van der Waals surface area (Å²) < 4.78 is 12.0. The fourth-order valence-electron chi connectivity index (χ4n) is 0. The van der Waals surface area contributed by atoms with Gasteiger partial charge >= 0.3 is 30.9 Å². The fourth-order valence-corrected chi connectivity index (χ4v) is 0. The van der Waals surface area contributed by atoms with Crippen molar-refractivity contribution in [3.63, 3.8) is 0 Å². The maximum absolute atomic E-state index is 10.5. The van der Waals surface area contributed by atoms with Crippen LogP contribution in [-0.4, -0.2) is 0 Å². The van der Waals surface area contributed by atoms with Crippen LogP contribution in [0.5, 0.6) is 0 Å². The first kappa shape index (κ1) is 9.24. The Kier molecular flexibility index (Phi) is 16.3. The first-order valence-electron chi connectivity index (χ1n) is 0.844. The second kappa shape index (κ2) is 8.84. The second-order valence-electron chi connectivity index (χ2n) is 0.292. The van der Waals surface area contributed by atoms with Crippen LogP contribution in [0.3, 0.4) is 0 Å². The van der Waals surface area contributed by atoms with Crippen molar-refractivity contribution in [2.45, 2.75) is 0 Å². The Morgan fingerprint density at radius 3 is 2.00 bits per heavy atom. The van der Waals surface area contributed by atoms with Crippen molar-refractivity contribution >= 4 is 24.0 Å². The molecule has 26 valence electrons. The summed E-state index contributed by atoms with van der Waals surface area (Å²) in [4.78, 5) is 0. The summed E-state index contributed by atoms with van der Waals surface area (Å²) in [6.45, 7) is 0. The molecule has 5 heavy (non-hydrogen) atoms. The number of hydrogen-bond acceptors (Lipinski definition) is 1. The third-order valence-electron chi connectivity index (χ3n) is 0.0598.